The van der Waals surface area contributed by atoms with E-state index in [1.807, 2.05) is 30.3 Å². The molecule has 6 N–H and O–H groups in total. The first-order valence-electron chi connectivity index (χ1n) is 19.3. The molecule has 0 saturated carbocycles. The maximum absolute atomic E-state index is 12.6. The lowest BCUT2D eigenvalue weighted by atomic mass is 10.1. The van der Waals surface area contributed by atoms with E-state index in [-0.39, 0.29) is 56.5 Å². The fourth-order valence-corrected chi connectivity index (χ4v) is 9.39. The molecule has 28 heteroatoms. The number of benzene rings is 7. The largest absolute Gasteiger partial charge is 0.505 e. The van der Waals surface area contributed by atoms with Crippen LogP contribution in [-0.2, 0) is 40.5 Å². The van der Waals surface area contributed by atoms with E-state index in [0.29, 0.717) is 23.9 Å². The zero-order chi connectivity index (χ0) is 50.9. The van der Waals surface area contributed by atoms with Crippen molar-refractivity contribution in [2.45, 2.75) is 19.6 Å². The molecule has 0 aliphatic heterocycles. The van der Waals surface area contributed by atoms with Crippen LogP contribution in [0.2, 0.25) is 0 Å². The molecule has 0 atom stereocenters. The zero-order valence-corrected chi connectivity index (χ0v) is 39.5. The van der Waals surface area contributed by atoms with Gasteiger partial charge in [-0.05, 0) is 71.4 Å². The van der Waals surface area contributed by atoms with Crippen molar-refractivity contribution in [3.63, 3.8) is 0 Å². The van der Waals surface area contributed by atoms with Crippen LogP contribution in [0.25, 0.3) is 21.5 Å². The highest BCUT2D eigenvalue weighted by Crippen LogP contribution is 2.47. The summed E-state index contributed by atoms with van der Waals surface area (Å²) in [6, 6.07) is 22.7. The predicted octanol–water partition coefficient (Wildman–Crippen LogP) is 9.71. The van der Waals surface area contributed by atoms with Crippen LogP contribution in [0.3, 0.4) is 0 Å². The summed E-state index contributed by atoms with van der Waals surface area (Å²) >= 11 is 0. The van der Waals surface area contributed by atoms with Crippen LogP contribution in [-0.4, -0.2) is 85.4 Å². The first kappa shape index (κ1) is 50.2. The third-order valence-corrected chi connectivity index (χ3v) is 13.4. The second kappa shape index (κ2) is 19.4. The van der Waals surface area contributed by atoms with E-state index in [9.17, 15) is 57.0 Å². The molecule has 24 nitrogen and oxygen atoms in total. The third-order valence-electron chi connectivity index (χ3n) is 9.96. The molecular formula is C42H35N7O17S4. The summed E-state index contributed by atoms with van der Waals surface area (Å²) in [7, 11) is -15.4. The standard InChI is InChI=1S/C42H35N7O17S4/c1-63-34-20-31(46-48-33-17-28-23(14-39(33)69(57,58)59)13-26(67(51,52)53)16-38(28)68(54,55)56)35(64-2)18-29(34)44-45-30-19-37(66-4)32(21-36(30)65-3)47-49-41-40(70(60,61)62)15-22-12-25(10-11-27(22)42(41)50)43-24-8-6-5-7-9-24/h5-21,43,50H,1-4H3,(H,51,52,53)(H,54,55,56)(H,57,58,59)(H,60,61,62). The van der Waals surface area contributed by atoms with E-state index in [4.69, 9.17) is 18.9 Å². The number of methoxy groups -OCH3 is 4. The number of phenols is 1. The minimum atomic E-state index is -5.21. The lowest BCUT2D eigenvalue weighted by Gasteiger charge is -2.12. The first-order chi connectivity index (χ1) is 32.9. The maximum atomic E-state index is 12.6. The minimum absolute atomic E-state index is 0.00431. The Balaban J connectivity index is 1.23. The van der Waals surface area contributed by atoms with Crippen molar-refractivity contribution < 1.29 is 75.9 Å². The predicted molar refractivity (Wildman–Crippen MR) is 250 cm³/mol. The van der Waals surface area contributed by atoms with E-state index < -0.39 is 88.0 Å². The van der Waals surface area contributed by atoms with E-state index >= 15 is 0 Å². The molecule has 0 radical (unpaired) electrons. The molecule has 0 saturated heterocycles. The molecule has 7 aromatic rings. The number of phenolic OH excluding ortho intramolecular Hbond substituents is 1. The van der Waals surface area contributed by atoms with Crippen molar-refractivity contribution in [1.29, 1.82) is 0 Å². The number of fused-ring (bicyclic) bond motifs is 2. The summed E-state index contributed by atoms with van der Waals surface area (Å²) in [5.74, 6) is -0.663. The number of azo groups is 3. The molecule has 0 aliphatic carbocycles. The van der Waals surface area contributed by atoms with Gasteiger partial charge in [-0.25, -0.2) is 0 Å². The van der Waals surface area contributed by atoms with Crippen molar-refractivity contribution in [3.05, 3.63) is 103 Å². The molecular weight excluding hydrogens is 1000 g/mol. The van der Waals surface area contributed by atoms with Crippen molar-refractivity contribution >= 4 is 108 Å². The van der Waals surface area contributed by atoms with Gasteiger partial charge < -0.3 is 29.4 Å². The second-order valence-electron chi connectivity index (χ2n) is 14.4. The van der Waals surface area contributed by atoms with E-state index in [1.165, 1.54) is 58.8 Å². The van der Waals surface area contributed by atoms with Gasteiger partial charge >= 0.3 is 0 Å². The van der Waals surface area contributed by atoms with Gasteiger partial charge in [0.2, 0.25) is 0 Å². The zero-order valence-electron chi connectivity index (χ0n) is 36.3. The van der Waals surface area contributed by atoms with Gasteiger partial charge in [0.1, 0.15) is 71.8 Å². The molecule has 7 rings (SSSR count). The van der Waals surface area contributed by atoms with E-state index in [1.54, 1.807) is 12.1 Å². The smallest absolute Gasteiger partial charge is 0.296 e. The Morgan fingerprint density at radius 1 is 0.414 bits per heavy atom. The molecule has 0 bridgehead atoms. The number of hydrogen-bond donors (Lipinski definition) is 6. The Hall–Kier alpha value is -7.70. The molecule has 0 heterocycles. The minimum Gasteiger partial charge on any atom is -0.505 e. The molecule has 0 amide bonds. The Morgan fingerprint density at radius 3 is 1.31 bits per heavy atom. The van der Waals surface area contributed by atoms with Gasteiger partial charge in [0.05, 0.1) is 33.3 Å². The van der Waals surface area contributed by atoms with Gasteiger partial charge in [-0.15, -0.1) is 30.7 Å². The highest BCUT2D eigenvalue weighted by Gasteiger charge is 2.26. The third kappa shape index (κ3) is 10.8. The number of aromatic hydroxyl groups is 1. The van der Waals surface area contributed by atoms with Crippen LogP contribution in [0.4, 0.5) is 45.5 Å². The van der Waals surface area contributed by atoms with E-state index in [2.05, 4.69) is 36.0 Å². The highest BCUT2D eigenvalue weighted by molar-refractivity contribution is 7.87. The summed E-state index contributed by atoms with van der Waals surface area (Å²) in [4.78, 5) is -3.79. The topological polar surface area (TPSA) is 361 Å². The molecule has 0 unspecified atom stereocenters. The molecule has 70 heavy (non-hydrogen) atoms. The number of anilines is 2. The molecule has 0 aliphatic rings. The number of hydrogen-bond acceptors (Lipinski definition) is 20. The van der Waals surface area contributed by atoms with Gasteiger partial charge in [0.25, 0.3) is 40.5 Å². The molecule has 0 aromatic heterocycles. The lowest BCUT2D eigenvalue weighted by Crippen LogP contribution is -2.05. The summed E-state index contributed by atoms with van der Waals surface area (Å²) in [5.41, 5.74) is -0.106. The number of rotatable bonds is 16. The Kier molecular flexibility index (Phi) is 13.9. The average molecular weight is 1040 g/mol. The van der Waals surface area contributed by atoms with Gasteiger partial charge in [-0.1, -0.05) is 18.2 Å². The summed E-state index contributed by atoms with van der Waals surface area (Å²) < 4.78 is 160. The van der Waals surface area contributed by atoms with Crippen molar-refractivity contribution in [3.8, 4) is 28.7 Å². The normalized spacial score (nSPS) is 12.6. The summed E-state index contributed by atoms with van der Waals surface area (Å²) in [6.45, 7) is 0. The van der Waals surface area contributed by atoms with Crippen LogP contribution in [0.15, 0.2) is 153 Å². The van der Waals surface area contributed by atoms with Crippen LogP contribution in [0.5, 0.6) is 28.7 Å². The Morgan fingerprint density at radius 2 is 0.857 bits per heavy atom. The van der Waals surface area contributed by atoms with Crippen LogP contribution >= 0.6 is 0 Å². The van der Waals surface area contributed by atoms with Crippen molar-refractivity contribution in [1.82, 2.24) is 0 Å². The number of nitrogens with zero attached hydrogens (tertiary/aromatic N) is 6. The van der Waals surface area contributed by atoms with Crippen LogP contribution < -0.4 is 24.3 Å². The van der Waals surface area contributed by atoms with Gasteiger partial charge in [0.15, 0.2) is 5.75 Å². The van der Waals surface area contributed by atoms with Crippen molar-refractivity contribution in [2.75, 3.05) is 33.8 Å². The van der Waals surface area contributed by atoms with Gasteiger partial charge in [-0.3, -0.25) is 18.2 Å². The summed E-state index contributed by atoms with van der Waals surface area (Å²) in [6.07, 6.45) is 0. The fourth-order valence-electron chi connectivity index (χ4n) is 6.74. The molecule has 0 fully saturated rings. The van der Waals surface area contributed by atoms with Gasteiger partial charge in [-0.2, -0.15) is 33.7 Å². The Labute approximate surface area is 397 Å². The maximum Gasteiger partial charge on any atom is 0.296 e. The highest BCUT2D eigenvalue weighted by atomic mass is 32.2. The lowest BCUT2D eigenvalue weighted by molar-refractivity contribution is 0.403. The number of para-hydroxylation sites is 1. The number of ether oxygens (including phenoxy) is 4. The monoisotopic (exact) mass is 1040 g/mol. The summed E-state index contributed by atoms with van der Waals surface area (Å²) in [5, 5.41) is 38.5. The quantitative estimate of drug-likeness (QED) is 0.0387. The SMILES string of the molecule is COc1cc(N=Nc2cc3c(S(=O)(=O)O)cc(S(=O)(=O)O)cc3cc2S(=O)(=O)O)c(OC)cc1N=Nc1cc(OC)c(N=Nc2c(S(=O)(=O)O)cc3cc(Nc4ccccc4)ccc3c2O)cc1OC. The van der Waals surface area contributed by atoms with E-state index in [0.717, 1.165) is 17.8 Å². The van der Waals surface area contributed by atoms with Crippen LogP contribution in [0, 0.1) is 0 Å². The average Bonchev–Trinajstić information content (AvgIpc) is 3.30. The Bertz CT molecular complexity index is 3820. The van der Waals surface area contributed by atoms with Crippen molar-refractivity contribution in [2.24, 2.45) is 30.7 Å². The van der Waals surface area contributed by atoms with Gasteiger partial charge in [0, 0.05) is 46.4 Å². The fraction of sp³-hybridized carbons (Fsp3) is 0.0952. The second-order valence-corrected chi connectivity index (χ2v) is 19.9. The van der Waals surface area contributed by atoms with Crippen LogP contribution in [0.1, 0.15) is 0 Å². The first-order valence-corrected chi connectivity index (χ1v) is 25.1. The number of nitrogens with one attached hydrogen (secondary N) is 1. The molecule has 0 spiro atoms. The molecule has 364 valence electrons. The molecule has 7 aromatic carbocycles.